The summed E-state index contributed by atoms with van der Waals surface area (Å²) in [6, 6.07) is 10.4. The molecule has 144 valence electrons. The number of nitrogens with zero attached hydrogens (tertiary/aromatic N) is 3. The Morgan fingerprint density at radius 2 is 2.04 bits per heavy atom. The first-order chi connectivity index (χ1) is 13.7. The molecule has 0 saturated carbocycles. The maximum atomic E-state index is 13.2. The van der Waals surface area contributed by atoms with Crippen LogP contribution in [0.4, 0.5) is 5.69 Å². The smallest absolute Gasteiger partial charge is 0.272 e. The Kier molecular flexibility index (Phi) is 4.94. The number of hydrogen-bond acceptors (Lipinski definition) is 5. The van der Waals surface area contributed by atoms with E-state index in [0.717, 1.165) is 59.6 Å². The number of anilines is 1. The van der Waals surface area contributed by atoms with Gasteiger partial charge >= 0.3 is 0 Å². The van der Waals surface area contributed by atoms with Gasteiger partial charge in [-0.3, -0.25) is 9.89 Å². The predicted molar refractivity (Wildman–Crippen MR) is 119 cm³/mol. The Hall–Kier alpha value is -1.77. The van der Waals surface area contributed by atoms with Crippen molar-refractivity contribution in [2.24, 2.45) is 0 Å². The van der Waals surface area contributed by atoms with E-state index in [1.54, 1.807) is 11.3 Å². The summed E-state index contributed by atoms with van der Waals surface area (Å²) in [6.07, 6.45) is 0.872. The van der Waals surface area contributed by atoms with E-state index in [4.69, 9.17) is 0 Å². The van der Waals surface area contributed by atoms with Gasteiger partial charge in [0.05, 0.1) is 9.90 Å². The summed E-state index contributed by atoms with van der Waals surface area (Å²) >= 11 is 7.15. The Morgan fingerprint density at radius 3 is 2.86 bits per heavy atom. The number of rotatable bonds is 2. The number of hydrogen-bond donors (Lipinski definition) is 1. The van der Waals surface area contributed by atoms with Crippen LogP contribution in [0.3, 0.4) is 0 Å². The minimum atomic E-state index is 0.0753. The number of halogens is 1. The van der Waals surface area contributed by atoms with E-state index >= 15 is 0 Å². The van der Waals surface area contributed by atoms with Crippen molar-refractivity contribution < 1.29 is 4.79 Å². The molecule has 1 aromatic carbocycles. The van der Waals surface area contributed by atoms with E-state index in [0.29, 0.717) is 5.69 Å². The minimum absolute atomic E-state index is 0.0753. The first kappa shape index (κ1) is 18.3. The number of carbonyl (C=O) groups is 1. The number of nitrogens with one attached hydrogen (secondary N) is 1. The lowest BCUT2D eigenvalue weighted by atomic mass is 10.1. The number of thioether (sulfide) groups is 1. The fourth-order valence-corrected chi connectivity index (χ4v) is 6.34. The third kappa shape index (κ3) is 3.27. The van der Waals surface area contributed by atoms with Gasteiger partial charge in [-0.05, 0) is 36.1 Å². The van der Waals surface area contributed by atoms with Crippen LogP contribution in [0.25, 0.3) is 11.3 Å². The van der Waals surface area contributed by atoms with Crippen LogP contribution >= 0.6 is 39.0 Å². The molecular formula is C20H19BrN4OS2. The molecule has 4 heterocycles. The lowest BCUT2D eigenvalue weighted by molar-refractivity contribution is 0.0740. The number of benzene rings is 1. The normalized spacial score (nSPS) is 16.5. The summed E-state index contributed by atoms with van der Waals surface area (Å²) < 4.78 is 2.38. The minimum Gasteiger partial charge on any atom is -0.368 e. The molecule has 0 atom stereocenters. The second-order valence-electron chi connectivity index (χ2n) is 6.91. The molecule has 3 aromatic rings. The first-order valence-electron chi connectivity index (χ1n) is 9.28. The van der Waals surface area contributed by atoms with Crippen molar-refractivity contribution in [3.8, 4) is 11.3 Å². The van der Waals surface area contributed by atoms with Crippen molar-refractivity contribution >= 4 is 50.6 Å². The maximum absolute atomic E-state index is 13.2. The number of fused-ring (bicyclic) bond motifs is 3. The molecule has 2 aromatic heterocycles. The number of piperazine rings is 1. The lowest BCUT2D eigenvalue weighted by Crippen LogP contribution is -2.49. The third-order valence-electron chi connectivity index (χ3n) is 5.29. The SMILES string of the molecule is O=C(c1[nH]nc2c1CCSc1sccc1-2)N1CCN(c2cccc(Br)c2)CC1. The van der Waals surface area contributed by atoms with Gasteiger partial charge in [0, 0.05) is 53.2 Å². The van der Waals surface area contributed by atoms with Gasteiger partial charge < -0.3 is 9.80 Å². The summed E-state index contributed by atoms with van der Waals surface area (Å²) in [7, 11) is 0. The Morgan fingerprint density at radius 1 is 1.18 bits per heavy atom. The molecule has 2 aliphatic heterocycles. The predicted octanol–water partition coefficient (Wildman–Crippen LogP) is 4.51. The average molecular weight is 475 g/mol. The number of aromatic nitrogens is 2. The summed E-state index contributed by atoms with van der Waals surface area (Å²) in [4.78, 5) is 17.5. The standard InChI is InChI=1S/C20H19BrN4OS2/c21-13-2-1-3-14(12-13)24-6-8-25(9-7-24)19(26)18-15-4-10-27-20-16(5-11-28-20)17(15)22-23-18/h1-3,5,11-12H,4,6-10H2,(H,22,23). The van der Waals surface area contributed by atoms with Crippen LogP contribution in [0.15, 0.2) is 44.4 Å². The quantitative estimate of drug-likeness (QED) is 0.593. The van der Waals surface area contributed by atoms with Crippen LogP contribution in [-0.2, 0) is 6.42 Å². The molecule has 1 amide bonds. The molecule has 2 aliphatic rings. The molecule has 1 fully saturated rings. The maximum Gasteiger partial charge on any atom is 0.272 e. The van der Waals surface area contributed by atoms with E-state index in [9.17, 15) is 4.79 Å². The fraction of sp³-hybridized carbons (Fsp3) is 0.300. The van der Waals surface area contributed by atoms with E-state index in [2.05, 4.69) is 54.6 Å². The molecular weight excluding hydrogens is 456 g/mol. The average Bonchev–Trinajstić information content (AvgIpc) is 3.31. The Bertz CT molecular complexity index is 1020. The molecule has 5 nitrogen and oxygen atoms in total. The second kappa shape index (κ2) is 7.57. The van der Waals surface area contributed by atoms with Crippen LogP contribution in [0, 0.1) is 0 Å². The van der Waals surface area contributed by atoms with Crippen LogP contribution < -0.4 is 4.90 Å². The summed E-state index contributed by atoms with van der Waals surface area (Å²) in [5, 5.41) is 9.68. The second-order valence-corrected chi connectivity index (χ2v) is 10.1. The van der Waals surface area contributed by atoms with Crippen molar-refractivity contribution in [2.45, 2.75) is 10.6 Å². The van der Waals surface area contributed by atoms with Crippen LogP contribution in [0.1, 0.15) is 16.1 Å². The summed E-state index contributed by atoms with van der Waals surface area (Å²) in [5.41, 5.74) is 5.06. The van der Waals surface area contributed by atoms with Gasteiger partial charge in [0.25, 0.3) is 5.91 Å². The number of thiophene rings is 1. The van der Waals surface area contributed by atoms with E-state index in [1.807, 2.05) is 28.8 Å². The van der Waals surface area contributed by atoms with Gasteiger partial charge in [-0.25, -0.2) is 0 Å². The molecule has 0 aliphatic carbocycles. The van der Waals surface area contributed by atoms with Gasteiger partial charge in [-0.2, -0.15) is 5.10 Å². The van der Waals surface area contributed by atoms with Gasteiger partial charge in [0.2, 0.25) is 0 Å². The molecule has 5 rings (SSSR count). The van der Waals surface area contributed by atoms with Crippen molar-refractivity contribution in [1.29, 1.82) is 0 Å². The molecule has 8 heteroatoms. The van der Waals surface area contributed by atoms with Gasteiger partial charge in [-0.15, -0.1) is 23.1 Å². The molecule has 0 radical (unpaired) electrons. The topological polar surface area (TPSA) is 52.2 Å². The van der Waals surface area contributed by atoms with Crippen molar-refractivity contribution in [3.63, 3.8) is 0 Å². The largest absolute Gasteiger partial charge is 0.368 e. The lowest BCUT2D eigenvalue weighted by Gasteiger charge is -2.36. The van der Waals surface area contributed by atoms with Gasteiger partial charge in [-0.1, -0.05) is 22.0 Å². The Labute approximate surface area is 180 Å². The molecule has 0 unspecified atom stereocenters. The highest BCUT2D eigenvalue weighted by Gasteiger charge is 2.29. The third-order valence-corrected chi connectivity index (χ3v) is 8.02. The number of aromatic amines is 1. The Balaban J connectivity index is 1.34. The monoisotopic (exact) mass is 474 g/mol. The molecule has 0 bridgehead atoms. The molecule has 1 saturated heterocycles. The number of H-pyrrole nitrogens is 1. The number of amides is 1. The van der Waals surface area contributed by atoms with Crippen LogP contribution in [0.5, 0.6) is 0 Å². The number of carbonyl (C=O) groups excluding carboxylic acids is 1. The zero-order valence-corrected chi connectivity index (χ0v) is 18.4. The van der Waals surface area contributed by atoms with E-state index < -0.39 is 0 Å². The van der Waals surface area contributed by atoms with Crippen LogP contribution in [0.2, 0.25) is 0 Å². The van der Waals surface area contributed by atoms with Gasteiger partial charge in [0.1, 0.15) is 5.69 Å². The highest BCUT2D eigenvalue weighted by Crippen LogP contribution is 2.41. The van der Waals surface area contributed by atoms with Crippen LogP contribution in [-0.4, -0.2) is 52.9 Å². The van der Waals surface area contributed by atoms with Crippen molar-refractivity contribution in [3.05, 3.63) is 51.4 Å². The molecule has 0 spiro atoms. The molecule has 28 heavy (non-hydrogen) atoms. The van der Waals surface area contributed by atoms with E-state index in [1.165, 1.54) is 9.90 Å². The molecule has 1 N–H and O–H groups in total. The highest BCUT2D eigenvalue weighted by molar-refractivity contribution is 9.10. The zero-order chi connectivity index (χ0) is 19.1. The van der Waals surface area contributed by atoms with Crippen molar-refractivity contribution in [1.82, 2.24) is 15.1 Å². The summed E-state index contributed by atoms with van der Waals surface area (Å²) in [5.74, 6) is 1.06. The highest BCUT2D eigenvalue weighted by atomic mass is 79.9. The first-order valence-corrected chi connectivity index (χ1v) is 11.9. The van der Waals surface area contributed by atoms with Gasteiger partial charge in [0.15, 0.2) is 0 Å². The van der Waals surface area contributed by atoms with E-state index in [-0.39, 0.29) is 5.91 Å². The zero-order valence-electron chi connectivity index (χ0n) is 15.2. The fourth-order valence-electron chi connectivity index (χ4n) is 3.84. The van der Waals surface area contributed by atoms with Crippen molar-refractivity contribution in [2.75, 3.05) is 36.8 Å². The summed E-state index contributed by atoms with van der Waals surface area (Å²) in [6.45, 7) is 3.11.